The van der Waals surface area contributed by atoms with Crippen LogP contribution >= 0.6 is 0 Å². The molecule has 0 amide bonds. The topological polar surface area (TPSA) is 74.3 Å². The fraction of sp³-hybridized carbons (Fsp3) is 0.188. The molecule has 7 heteroatoms. The van der Waals surface area contributed by atoms with Gasteiger partial charge in [0.2, 0.25) is 5.82 Å². The highest BCUT2D eigenvalue weighted by atomic mass is 15.6. The van der Waals surface area contributed by atoms with Crippen LogP contribution in [0.25, 0.3) is 33.7 Å². The molecule has 1 aromatic carbocycles. The summed E-state index contributed by atoms with van der Waals surface area (Å²) < 4.78 is 1.82. The molecule has 4 rings (SSSR count). The first-order valence-corrected chi connectivity index (χ1v) is 7.26. The summed E-state index contributed by atoms with van der Waals surface area (Å²) in [6.45, 7) is 2.09. The van der Waals surface area contributed by atoms with E-state index in [9.17, 15) is 0 Å². The van der Waals surface area contributed by atoms with Gasteiger partial charge in [0.25, 0.3) is 0 Å². The molecule has 0 aliphatic carbocycles. The lowest BCUT2D eigenvalue weighted by Gasteiger charge is -2.08. The molecule has 3 heterocycles. The maximum absolute atomic E-state index is 4.79. The molecule has 0 N–H and O–H groups in total. The van der Waals surface area contributed by atoms with Crippen LogP contribution in [0, 0.1) is 6.92 Å². The molecule has 0 atom stereocenters. The second-order valence-corrected chi connectivity index (χ2v) is 5.50. The van der Waals surface area contributed by atoms with Crippen LogP contribution in [0.15, 0.2) is 36.5 Å². The van der Waals surface area contributed by atoms with Gasteiger partial charge in [0.05, 0.1) is 24.0 Å². The van der Waals surface area contributed by atoms with Crippen molar-refractivity contribution in [3.8, 4) is 22.8 Å². The lowest BCUT2D eigenvalue weighted by molar-refractivity contribution is 0.630. The second kappa shape index (κ2) is 4.98. The summed E-state index contributed by atoms with van der Waals surface area (Å²) in [5, 5.41) is 17.5. The van der Waals surface area contributed by atoms with Gasteiger partial charge in [0, 0.05) is 24.2 Å². The Kier molecular flexibility index (Phi) is 2.94. The summed E-state index contributed by atoms with van der Waals surface area (Å²) in [6, 6.07) is 10.1. The molecule has 0 saturated carbocycles. The number of aryl methyl sites for hydroxylation is 3. The van der Waals surface area contributed by atoms with Crippen molar-refractivity contribution in [1.82, 2.24) is 35.0 Å². The number of tetrazole rings is 1. The van der Waals surface area contributed by atoms with E-state index < -0.39 is 0 Å². The molecule has 0 aliphatic heterocycles. The zero-order valence-corrected chi connectivity index (χ0v) is 13.1. The molecule has 0 unspecified atom stereocenters. The highest BCUT2D eigenvalue weighted by molar-refractivity contribution is 5.87. The zero-order chi connectivity index (χ0) is 16.0. The molecule has 0 saturated heterocycles. The fourth-order valence-corrected chi connectivity index (χ4v) is 2.70. The van der Waals surface area contributed by atoms with Crippen LogP contribution < -0.4 is 0 Å². The molecule has 0 aliphatic rings. The minimum atomic E-state index is 0.597. The van der Waals surface area contributed by atoms with Gasteiger partial charge in [-0.25, -0.2) is 4.98 Å². The van der Waals surface area contributed by atoms with E-state index in [-0.39, 0.29) is 0 Å². The lowest BCUT2D eigenvalue weighted by atomic mass is 10.1. The summed E-state index contributed by atoms with van der Waals surface area (Å²) in [6.07, 6.45) is 1.77. The smallest absolute Gasteiger partial charge is 0.204 e. The number of hydrogen-bond donors (Lipinski definition) is 0. The number of benzene rings is 1. The summed E-state index contributed by atoms with van der Waals surface area (Å²) in [7, 11) is 3.66. The number of pyridine rings is 1. The first kappa shape index (κ1) is 13.6. The largest absolute Gasteiger partial charge is 0.266 e. The maximum Gasteiger partial charge on any atom is 0.204 e. The van der Waals surface area contributed by atoms with E-state index in [4.69, 9.17) is 4.98 Å². The number of nitrogens with zero attached hydrogens (tertiary/aromatic N) is 7. The van der Waals surface area contributed by atoms with Crippen LogP contribution in [0.4, 0.5) is 0 Å². The van der Waals surface area contributed by atoms with Crippen molar-refractivity contribution < 1.29 is 0 Å². The average molecular weight is 305 g/mol. The van der Waals surface area contributed by atoms with Gasteiger partial charge in [-0.3, -0.25) is 4.68 Å². The molecule has 114 valence electrons. The van der Waals surface area contributed by atoms with E-state index in [2.05, 4.69) is 39.6 Å². The van der Waals surface area contributed by atoms with Crippen LogP contribution in [0.5, 0.6) is 0 Å². The highest BCUT2D eigenvalue weighted by Crippen LogP contribution is 2.26. The van der Waals surface area contributed by atoms with Gasteiger partial charge in [-0.1, -0.05) is 12.1 Å². The van der Waals surface area contributed by atoms with Crippen LogP contribution in [0.1, 0.15) is 5.56 Å². The van der Waals surface area contributed by atoms with Crippen molar-refractivity contribution in [3.05, 3.63) is 42.1 Å². The van der Waals surface area contributed by atoms with E-state index >= 15 is 0 Å². The van der Waals surface area contributed by atoms with Gasteiger partial charge in [-0.2, -0.15) is 9.90 Å². The van der Waals surface area contributed by atoms with Crippen molar-refractivity contribution in [3.63, 3.8) is 0 Å². The first-order valence-electron chi connectivity index (χ1n) is 7.26. The highest BCUT2D eigenvalue weighted by Gasteiger charge is 2.11. The van der Waals surface area contributed by atoms with E-state index in [0.29, 0.717) is 5.82 Å². The number of hydrogen-bond acceptors (Lipinski definition) is 5. The molecule has 0 spiro atoms. The van der Waals surface area contributed by atoms with E-state index in [1.807, 2.05) is 29.9 Å². The van der Waals surface area contributed by atoms with Gasteiger partial charge < -0.3 is 0 Å². The molecule has 0 bridgehead atoms. The molecular formula is C16H15N7. The van der Waals surface area contributed by atoms with Crippen LogP contribution in [0.3, 0.4) is 0 Å². The third kappa shape index (κ3) is 2.26. The number of fused-ring (bicyclic) bond motifs is 1. The Bertz CT molecular complexity index is 1010. The van der Waals surface area contributed by atoms with Gasteiger partial charge in [-0.05, 0) is 35.9 Å². The normalized spacial score (nSPS) is 11.3. The summed E-state index contributed by atoms with van der Waals surface area (Å²) in [5.41, 5.74) is 4.87. The molecule has 4 aromatic rings. The maximum atomic E-state index is 4.79. The average Bonchev–Trinajstić information content (AvgIpc) is 3.15. The molecular weight excluding hydrogens is 290 g/mol. The Morgan fingerprint density at radius 2 is 1.91 bits per heavy atom. The Morgan fingerprint density at radius 3 is 2.61 bits per heavy atom. The van der Waals surface area contributed by atoms with Crippen LogP contribution in [0.2, 0.25) is 0 Å². The zero-order valence-electron chi connectivity index (χ0n) is 13.1. The summed E-state index contributed by atoms with van der Waals surface area (Å²) >= 11 is 0. The van der Waals surface area contributed by atoms with Gasteiger partial charge in [0.15, 0.2) is 0 Å². The fourth-order valence-electron chi connectivity index (χ4n) is 2.70. The van der Waals surface area contributed by atoms with Crippen molar-refractivity contribution in [2.24, 2.45) is 14.1 Å². The van der Waals surface area contributed by atoms with Gasteiger partial charge in [-0.15, -0.1) is 10.2 Å². The number of aromatic nitrogens is 7. The van der Waals surface area contributed by atoms with Crippen LogP contribution in [-0.2, 0) is 14.1 Å². The van der Waals surface area contributed by atoms with Crippen molar-refractivity contribution in [1.29, 1.82) is 0 Å². The standard InChI is InChI=1S/C16H15N7/c1-10-8-14(15-6-7-17-22(15)2)18-13-9-11(4-5-12(10)13)16-19-21-23(3)20-16/h4-9H,1-3H3. The van der Waals surface area contributed by atoms with Gasteiger partial charge in [0.1, 0.15) is 0 Å². The molecule has 23 heavy (non-hydrogen) atoms. The molecule has 0 fully saturated rings. The van der Waals surface area contributed by atoms with Crippen molar-refractivity contribution in [2.45, 2.75) is 6.92 Å². The van der Waals surface area contributed by atoms with E-state index in [1.165, 1.54) is 10.4 Å². The number of rotatable bonds is 2. The quantitative estimate of drug-likeness (QED) is 0.567. The second-order valence-electron chi connectivity index (χ2n) is 5.50. The molecule has 3 aromatic heterocycles. The Balaban J connectivity index is 1.91. The molecule has 7 nitrogen and oxygen atoms in total. The summed E-state index contributed by atoms with van der Waals surface area (Å²) in [4.78, 5) is 6.24. The third-order valence-corrected chi connectivity index (χ3v) is 3.87. The first-order chi connectivity index (χ1) is 11.1. The Hall–Kier alpha value is -3.09. The minimum Gasteiger partial charge on any atom is -0.266 e. The predicted octanol–water partition coefficient (Wildman–Crippen LogP) is 2.13. The lowest BCUT2D eigenvalue weighted by Crippen LogP contribution is -1.97. The monoisotopic (exact) mass is 305 g/mol. The Labute approximate surface area is 132 Å². The van der Waals surface area contributed by atoms with Crippen molar-refractivity contribution in [2.75, 3.05) is 0 Å². The summed E-state index contributed by atoms with van der Waals surface area (Å²) in [5.74, 6) is 0.597. The predicted molar refractivity (Wildman–Crippen MR) is 86.5 cm³/mol. The van der Waals surface area contributed by atoms with Gasteiger partial charge >= 0.3 is 0 Å². The molecule has 0 radical (unpaired) electrons. The van der Waals surface area contributed by atoms with Crippen LogP contribution in [-0.4, -0.2) is 35.0 Å². The minimum absolute atomic E-state index is 0.597. The SMILES string of the molecule is Cc1cc(-c2ccnn2C)nc2cc(-c3nnn(C)n3)ccc12. The Morgan fingerprint density at radius 1 is 1.04 bits per heavy atom. The third-order valence-electron chi connectivity index (χ3n) is 3.87. The van der Waals surface area contributed by atoms with Crippen molar-refractivity contribution >= 4 is 10.9 Å². The van der Waals surface area contributed by atoms with E-state index in [0.717, 1.165) is 27.9 Å². The van der Waals surface area contributed by atoms with E-state index in [1.54, 1.807) is 13.2 Å².